The van der Waals surface area contributed by atoms with Crippen LogP contribution in [0.1, 0.15) is 37.8 Å². The molecule has 0 saturated carbocycles. The zero-order valence-electron chi connectivity index (χ0n) is 18.0. The molecular weight excluding hydrogens is 479 g/mol. The summed E-state index contributed by atoms with van der Waals surface area (Å²) in [6, 6.07) is 11.0. The topological polar surface area (TPSA) is 58.1 Å². The first-order chi connectivity index (χ1) is 13.7. The highest BCUT2D eigenvalue weighted by Crippen LogP contribution is 2.25. The highest BCUT2D eigenvalue weighted by molar-refractivity contribution is 14.0. The van der Waals surface area contributed by atoms with Crippen molar-refractivity contribution in [2.75, 3.05) is 53.6 Å². The standard InChI is InChI=1S/C22H36N4O2.HI/c1-18(20-7-5-4-6-8-20)25-22(10-13-28-14-11-22)17-24-21(23-2)26-12-9-19(15-26)16-27-3;/h4-8,18-19,25H,9-17H2,1-3H3,(H,23,24);1H. The number of hydrogen-bond donors (Lipinski definition) is 2. The van der Waals surface area contributed by atoms with Crippen LogP contribution in [0.25, 0.3) is 0 Å². The largest absolute Gasteiger partial charge is 0.384 e. The van der Waals surface area contributed by atoms with Crippen molar-refractivity contribution in [2.24, 2.45) is 10.9 Å². The van der Waals surface area contributed by atoms with Crippen molar-refractivity contribution in [1.29, 1.82) is 0 Å². The van der Waals surface area contributed by atoms with Gasteiger partial charge in [0, 0.05) is 64.5 Å². The number of hydrogen-bond acceptors (Lipinski definition) is 4. The summed E-state index contributed by atoms with van der Waals surface area (Å²) in [7, 11) is 3.66. The lowest BCUT2D eigenvalue weighted by molar-refractivity contribution is 0.0353. The minimum atomic E-state index is 0. The second-order valence-electron chi connectivity index (χ2n) is 8.13. The molecule has 0 aliphatic carbocycles. The number of likely N-dealkylation sites (tertiary alicyclic amines) is 1. The Bertz CT molecular complexity index is 622. The Labute approximate surface area is 192 Å². The van der Waals surface area contributed by atoms with E-state index in [1.807, 2.05) is 7.05 Å². The first-order valence-corrected chi connectivity index (χ1v) is 10.5. The molecule has 2 fully saturated rings. The lowest BCUT2D eigenvalue weighted by Gasteiger charge is -2.41. The van der Waals surface area contributed by atoms with E-state index in [9.17, 15) is 0 Å². The van der Waals surface area contributed by atoms with Gasteiger partial charge in [0.25, 0.3) is 0 Å². The summed E-state index contributed by atoms with van der Waals surface area (Å²) in [4.78, 5) is 6.91. The van der Waals surface area contributed by atoms with Crippen LogP contribution in [-0.2, 0) is 9.47 Å². The van der Waals surface area contributed by atoms with E-state index in [1.165, 1.54) is 5.56 Å². The number of rotatable bonds is 7. The minimum Gasteiger partial charge on any atom is -0.384 e. The normalized spacial score (nSPS) is 22.8. The smallest absolute Gasteiger partial charge is 0.193 e. The highest BCUT2D eigenvalue weighted by atomic mass is 127. The Kier molecular flexibility index (Phi) is 10.1. The van der Waals surface area contributed by atoms with Crippen LogP contribution in [0, 0.1) is 5.92 Å². The lowest BCUT2D eigenvalue weighted by Crippen LogP contribution is -2.58. The Morgan fingerprint density at radius 3 is 2.69 bits per heavy atom. The van der Waals surface area contributed by atoms with E-state index in [2.05, 4.69) is 57.8 Å². The van der Waals surface area contributed by atoms with Crippen molar-refractivity contribution in [3.8, 4) is 0 Å². The van der Waals surface area contributed by atoms with Gasteiger partial charge in [-0.2, -0.15) is 0 Å². The number of halogens is 1. The second kappa shape index (κ2) is 12.1. The Morgan fingerprint density at radius 2 is 2.03 bits per heavy atom. The fourth-order valence-electron chi connectivity index (χ4n) is 4.40. The maximum absolute atomic E-state index is 5.66. The molecule has 1 aromatic carbocycles. The van der Waals surface area contributed by atoms with Crippen LogP contribution in [-0.4, -0.2) is 70.0 Å². The second-order valence-corrected chi connectivity index (χ2v) is 8.13. The zero-order valence-corrected chi connectivity index (χ0v) is 20.4. The molecule has 2 aliphatic rings. The fraction of sp³-hybridized carbons (Fsp3) is 0.682. The van der Waals surface area contributed by atoms with Crippen molar-refractivity contribution >= 4 is 29.9 Å². The Hall–Kier alpha value is -0.900. The van der Waals surface area contributed by atoms with Crippen LogP contribution >= 0.6 is 24.0 Å². The third-order valence-electron chi connectivity index (χ3n) is 6.06. The molecule has 6 nitrogen and oxygen atoms in total. The van der Waals surface area contributed by atoms with Crippen molar-refractivity contribution < 1.29 is 9.47 Å². The van der Waals surface area contributed by atoms with Crippen LogP contribution < -0.4 is 10.6 Å². The molecule has 2 aliphatic heterocycles. The van der Waals surface area contributed by atoms with E-state index in [0.29, 0.717) is 12.0 Å². The first-order valence-electron chi connectivity index (χ1n) is 10.5. The first kappa shape index (κ1) is 24.4. The van der Waals surface area contributed by atoms with Crippen LogP contribution in [0.5, 0.6) is 0 Å². The third-order valence-corrected chi connectivity index (χ3v) is 6.06. The molecule has 3 rings (SSSR count). The monoisotopic (exact) mass is 516 g/mol. The van der Waals surface area contributed by atoms with E-state index < -0.39 is 0 Å². The number of methoxy groups -OCH3 is 1. The van der Waals surface area contributed by atoms with Gasteiger partial charge in [-0.15, -0.1) is 24.0 Å². The van der Waals surface area contributed by atoms with Gasteiger partial charge in [0.1, 0.15) is 0 Å². The molecule has 164 valence electrons. The SMILES string of the molecule is CN=C(NCC1(NC(C)c2ccccc2)CCOCC1)N1CCC(COC)C1.I. The highest BCUT2D eigenvalue weighted by Gasteiger charge is 2.35. The molecular formula is C22H37IN4O2. The predicted molar refractivity (Wildman–Crippen MR) is 129 cm³/mol. The number of nitrogens with zero attached hydrogens (tertiary/aromatic N) is 2. The molecule has 1 aromatic rings. The van der Waals surface area contributed by atoms with Gasteiger partial charge in [0.15, 0.2) is 5.96 Å². The molecule has 2 atom stereocenters. The molecule has 29 heavy (non-hydrogen) atoms. The van der Waals surface area contributed by atoms with E-state index >= 15 is 0 Å². The van der Waals surface area contributed by atoms with Crippen molar-refractivity contribution in [2.45, 2.75) is 37.8 Å². The van der Waals surface area contributed by atoms with Gasteiger partial charge in [-0.1, -0.05) is 30.3 Å². The Balaban J connectivity index is 0.00000300. The molecule has 2 saturated heterocycles. The van der Waals surface area contributed by atoms with Crippen LogP contribution in [0.2, 0.25) is 0 Å². The van der Waals surface area contributed by atoms with Crippen LogP contribution in [0.3, 0.4) is 0 Å². The summed E-state index contributed by atoms with van der Waals surface area (Å²) in [5.41, 5.74) is 1.33. The van der Waals surface area contributed by atoms with Gasteiger partial charge in [0.2, 0.25) is 0 Å². The summed E-state index contributed by atoms with van der Waals surface area (Å²) in [5, 5.41) is 7.57. The number of benzene rings is 1. The number of guanidine groups is 1. The molecule has 0 radical (unpaired) electrons. The van der Waals surface area contributed by atoms with E-state index in [-0.39, 0.29) is 29.5 Å². The van der Waals surface area contributed by atoms with Crippen molar-refractivity contribution in [1.82, 2.24) is 15.5 Å². The van der Waals surface area contributed by atoms with E-state index in [1.54, 1.807) is 7.11 Å². The number of aliphatic imine (C=N–C) groups is 1. The summed E-state index contributed by atoms with van der Waals surface area (Å²) in [6.45, 7) is 7.58. The van der Waals surface area contributed by atoms with Gasteiger partial charge in [-0.25, -0.2) is 0 Å². The summed E-state index contributed by atoms with van der Waals surface area (Å²) in [5.74, 6) is 1.59. The lowest BCUT2D eigenvalue weighted by atomic mass is 9.88. The van der Waals surface area contributed by atoms with Crippen molar-refractivity contribution in [3.05, 3.63) is 35.9 Å². The maximum atomic E-state index is 5.66. The van der Waals surface area contributed by atoms with E-state index in [0.717, 1.165) is 64.7 Å². The van der Waals surface area contributed by atoms with Gasteiger partial charge in [-0.05, 0) is 31.7 Å². The average molecular weight is 516 g/mol. The van der Waals surface area contributed by atoms with Crippen LogP contribution in [0.15, 0.2) is 35.3 Å². The molecule has 2 unspecified atom stereocenters. The molecule has 0 amide bonds. The quantitative estimate of drug-likeness (QED) is 0.332. The molecule has 2 heterocycles. The minimum absolute atomic E-state index is 0. The number of ether oxygens (including phenoxy) is 2. The Morgan fingerprint density at radius 1 is 1.31 bits per heavy atom. The van der Waals surface area contributed by atoms with Crippen LogP contribution in [0.4, 0.5) is 0 Å². The zero-order chi connectivity index (χ0) is 19.8. The summed E-state index contributed by atoms with van der Waals surface area (Å²) in [6.07, 6.45) is 3.16. The van der Waals surface area contributed by atoms with Crippen molar-refractivity contribution in [3.63, 3.8) is 0 Å². The molecule has 0 aromatic heterocycles. The van der Waals surface area contributed by atoms with Gasteiger partial charge in [0.05, 0.1) is 6.61 Å². The predicted octanol–water partition coefficient (Wildman–Crippen LogP) is 3.05. The summed E-state index contributed by atoms with van der Waals surface area (Å²) >= 11 is 0. The maximum Gasteiger partial charge on any atom is 0.193 e. The molecule has 0 spiro atoms. The number of nitrogens with one attached hydrogen (secondary N) is 2. The molecule has 0 bridgehead atoms. The average Bonchev–Trinajstić information content (AvgIpc) is 3.18. The molecule has 2 N–H and O–H groups in total. The fourth-order valence-corrected chi connectivity index (χ4v) is 4.40. The third kappa shape index (κ3) is 6.80. The molecule has 7 heteroatoms. The summed E-state index contributed by atoms with van der Waals surface area (Å²) < 4.78 is 11.0. The van der Waals surface area contributed by atoms with Gasteiger partial charge in [-0.3, -0.25) is 4.99 Å². The van der Waals surface area contributed by atoms with Gasteiger partial charge < -0.3 is 25.0 Å². The van der Waals surface area contributed by atoms with Gasteiger partial charge >= 0.3 is 0 Å². The van der Waals surface area contributed by atoms with E-state index in [4.69, 9.17) is 9.47 Å².